The van der Waals surface area contributed by atoms with E-state index < -0.39 is 5.60 Å². The zero-order valence-corrected chi connectivity index (χ0v) is 13.3. The number of ether oxygens (including phenoxy) is 2. The molecule has 5 heteroatoms. The average Bonchev–Trinajstić information content (AvgIpc) is 2.42. The second kappa shape index (κ2) is 8.32. The summed E-state index contributed by atoms with van der Waals surface area (Å²) < 4.78 is 24.0. The zero-order valence-electron chi connectivity index (χ0n) is 13.3. The van der Waals surface area contributed by atoms with Crippen LogP contribution in [0.25, 0.3) is 0 Å². The van der Waals surface area contributed by atoms with Crippen molar-refractivity contribution in [3.8, 4) is 5.75 Å². The maximum Gasteiger partial charge on any atom is 0.124 e. The Hall–Kier alpha value is -1.17. The minimum atomic E-state index is -0.921. The number of methoxy groups -OCH3 is 1. The van der Waals surface area contributed by atoms with Crippen LogP contribution in [0.4, 0.5) is 4.39 Å². The largest absolute Gasteiger partial charge is 0.490 e. The van der Waals surface area contributed by atoms with Gasteiger partial charge in [0.05, 0.1) is 12.2 Å². The standard InChI is InChI=1S/C16H26FNO3/c1-12(2)16(3,19)11-21-15-6-5-14(17)9-13(15)10-18-7-8-20-4/h5-6,9,12,18-19H,7-8,10-11H2,1-4H3. The van der Waals surface area contributed by atoms with E-state index in [9.17, 15) is 9.50 Å². The van der Waals surface area contributed by atoms with Crippen LogP contribution in [0.1, 0.15) is 26.3 Å². The van der Waals surface area contributed by atoms with Crippen LogP contribution < -0.4 is 10.1 Å². The van der Waals surface area contributed by atoms with Crippen molar-refractivity contribution in [2.24, 2.45) is 5.92 Å². The Kier molecular flexibility index (Phi) is 7.08. The normalized spacial score (nSPS) is 14.2. The molecule has 0 aliphatic carbocycles. The molecule has 1 aromatic carbocycles. The van der Waals surface area contributed by atoms with Crippen LogP contribution in [0, 0.1) is 11.7 Å². The van der Waals surface area contributed by atoms with Gasteiger partial charge in [-0.15, -0.1) is 0 Å². The number of rotatable bonds is 9. The molecule has 0 aliphatic rings. The third kappa shape index (κ3) is 5.99. The van der Waals surface area contributed by atoms with Gasteiger partial charge in [-0.3, -0.25) is 0 Å². The monoisotopic (exact) mass is 299 g/mol. The lowest BCUT2D eigenvalue weighted by Crippen LogP contribution is -2.38. The summed E-state index contributed by atoms with van der Waals surface area (Å²) in [7, 11) is 1.63. The van der Waals surface area contributed by atoms with Gasteiger partial charge in [-0.1, -0.05) is 13.8 Å². The summed E-state index contributed by atoms with van der Waals surface area (Å²) in [6.45, 7) is 7.52. The molecular weight excluding hydrogens is 273 g/mol. The molecule has 1 aromatic rings. The number of halogens is 1. The summed E-state index contributed by atoms with van der Waals surface area (Å²) in [4.78, 5) is 0. The first-order chi connectivity index (χ1) is 9.86. The van der Waals surface area contributed by atoms with Crippen molar-refractivity contribution in [2.75, 3.05) is 26.9 Å². The van der Waals surface area contributed by atoms with E-state index >= 15 is 0 Å². The van der Waals surface area contributed by atoms with E-state index in [-0.39, 0.29) is 18.3 Å². The Morgan fingerprint density at radius 2 is 2.10 bits per heavy atom. The number of hydrogen-bond acceptors (Lipinski definition) is 4. The van der Waals surface area contributed by atoms with Crippen molar-refractivity contribution >= 4 is 0 Å². The molecule has 21 heavy (non-hydrogen) atoms. The third-order valence-electron chi connectivity index (χ3n) is 3.58. The Morgan fingerprint density at radius 1 is 1.38 bits per heavy atom. The SMILES string of the molecule is COCCNCc1cc(F)ccc1OCC(C)(O)C(C)C. The van der Waals surface area contributed by atoms with Crippen molar-refractivity contribution in [1.82, 2.24) is 5.32 Å². The summed E-state index contributed by atoms with van der Waals surface area (Å²) in [5.41, 5.74) is -0.194. The topological polar surface area (TPSA) is 50.7 Å². The summed E-state index contributed by atoms with van der Waals surface area (Å²) in [5, 5.41) is 13.4. The average molecular weight is 299 g/mol. The van der Waals surface area contributed by atoms with Gasteiger partial charge in [0, 0.05) is 25.8 Å². The Balaban J connectivity index is 2.68. The van der Waals surface area contributed by atoms with Gasteiger partial charge >= 0.3 is 0 Å². The van der Waals surface area contributed by atoms with Crippen molar-refractivity contribution in [3.63, 3.8) is 0 Å². The Bertz CT molecular complexity index is 436. The van der Waals surface area contributed by atoms with Gasteiger partial charge in [0.1, 0.15) is 18.2 Å². The molecule has 0 heterocycles. The molecule has 0 saturated heterocycles. The summed E-state index contributed by atoms with van der Waals surface area (Å²) in [6.07, 6.45) is 0. The molecule has 0 spiro atoms. The highest BCUT2D eigenvalue weighted by atomic mass is 19.1. The fourth-order valence-corrected chi connectivity index (χ4v) is 1.61. The van der Waals surface area contributed by atoms with Gasteiger partial charge in [0.25, 0.3) is 0 Å². The lowest BCUT2D eigenvalue weighted by molar-refractivity contribution is -0.0269. The van der Waals surface area contributed by atoms with Gasteiger partial charge in [0.2, 0.25) is 0 Å². The molecule has 1 unspecified atom stereocenters. The molecule has 0 bridgehead atoms. The van der Waals surface area contributed by atoms with E-state index in [1.807, 2.05) is 13.8 Å². The highest BCUT2D eigenvalue weighted by Crippen LogP contribution is 2.23. The van der Waals surface area contributed by atoms with Crippen LogP contribution in [-0.4, -0.2) is 37.6 Å². The first kappa shape index (κ1) is 17.9. The Labute approximate surface area is 126 Å². The van der Waals surface area contributed by atoms with Gasteiger partial charge < -0.3 is 19.9 Å². The van der Waals surface area contributed by atoms with E-state index in [0.717, 1.165) is 5.56 Å². The number of benzene rings is 1. The molecule has 0 fully saturated rings. The van der Waals surface area contributed by atoms with Gasteiger partial charge in [-0.05, 0) is 31.0 Å². The molecule has 1 rings (SSSR count). The van der Waals surface area contributed by atoms with Crippen LogP contribution >= 0.6 is 0 Å². The molecule has 0 saturated carbocycles. The summed E-state index contributed by atoms with van der Waals surface area (Å²) in [6, 6.07) is 4.40. The predicted molar refractivity (Wildman–Crippen MR) is 80.9 cm³/mol. The quantitative estimate of drug-likeness (QED) is 0.687. The Morgan fingerprint density at radius 3 is 2.71 bits per heavy atom. The lowest BCUT2D eigenvalue weighted by Gasteiger charge is -2.28. The highest BCUT2D eigenvalue weighted by Gasteiger charge is 2.26. The van der Waals surface area contributed by atoms with E-state index in [4.69, 9.17) is 9.47 Å². The number of aliphatic hydroxyl groups is 1. The highest BCUT2D eigenvalue weighted by molar-refractivity contribution is 5.34. The molecule has 1 atom stereocenters. The van der Waals surface area contributed by atoms with Crippen LogP contribution in [0.2, 0.25) is 0 Å². The fraction of sp³-hybridized carbons (Fsp3) is 0.625. The van der Waals surface area contributed by atoms with Crippen molar-refractivity contribution in [1.29, 1.82) is 0 Å². The van der Waals surface area contributed by atoms with Gasteiger partial charge in [-0.25, -0.2) is 4.39 Å². The second-order valence-corrected chi connectivity index (χ2v) is 5.72. The summed E-state index contributed by atoms with van der Waals surface area (Å²) in [5.74, 6) is 0.352. The van der Waals surface area contributed by atoms with E-state index in [2.05, 4.69) is 5.32 Å². The molecular formula is C16H26FNO3. The van der Waals surface area contributed by atoms with Crippen molar-refractivity contribution in [2.45, 2.75) is 32.9 Å². The zero-order chi connectivity index (χ0) is 15.9. The molecule has 0 aliphatic heterocycles. The van der Waals surface area contributed by atoms with Crippen LogP contribution in [0.3, 0.4) is 0 Å². The smallest absolute Gasteiger partial charge is 0.124 e. The van der Waals surface area contributed by atoms with E-state index in [1.54, 1.807) is 20.1 Å². The molecule has 0 amide bonds. The lowest BCUT2D eigenvalue weighted by atomic mass is 9.94. The van der Waals surface area contributed by atoms with Gasteiger partial charge in [-0.2, -0.15) is 0 Å². The fourth-order valence-electron chi connectivity index (χ4n) is 1.61. The first-order valence-corrected chi connectivity index (χ1v) is 7.20. The maximum atomic E-state index is 13.4. The molecule has 120 valence electrons. The number of nitrogens with one attached hydrogen (secondary N) is 1. The van der Waals surface area contributed by atoms with Crippen LogP contribution in [-0.2, 0) is 11.3 Å². The van der Waals surface area contributed by atoms with E-state index in [1.165, 1.54) is 12.1 Å². The van der Waals surface area contributed by atoms with E-state index in [0.29, 0.717) is 25.4 Å². The second-order valence-electron chi connectivity index (χ2n) is 5.72. The van der Waals surface area contributed by atoms with Crippen LogP contribution in [0.15, 0.2) is 18.2 Å². The minimum absolute atomic E-state index is 0.0706. The number of hydrogen-bond donors (Lipinski definition) is 2. The molecule has 0 aromatic heterocycles. The molecule has 0 radical (unpaired) electrons. The van der Waals surface area contributed by atoms with Gasteiger partial charge in [0.15, 0.2) is 0 Å². The molecule has 2 N–H and O–H groups in total. The van der Waals surface area contributed by atoms with Crippen molar-refractivity contribution < 1.29 is 19.0 Å². The predicted octanol–water partition coefficient (Wildman–Crippen LogP) is 2.35. The van der Waals surface area contributed by atoms with Crippen molar-refractivity contribution in [3.05, 3.63) is 29.6 Å². The van der Waals surface area contributed by atoms with Crippen LogP contribution in [0.5, 0.6) is 5.75 Å². The summed E-state index contributed by atoms with van der Waals surface area (Å²) >= 11 is 0. The minimum Gasteiger partial charge on any atom is -0.490 e. The molecule has 4 nitrogen and oxygen atoms in total. The third-order valence-corrected chi connectivity index (χ3v) is 3.58. The maximum absolute atomic E-state index is 13.4. The first-order valence-electron chi connectivity index (χ1n) is 7.20.